The van der Waals surface area contributed by atoms with Crippen molar-refractivity contribution in [3.05, 3.63) is 82.3 Å². The smallest absolute Gasteiger partial charge is 0.262 e. The molecule has 0 unspecified atom stereocenters. The van der Waals surface area contributed by atoms with Gasteiger partial charge in [-0.3, -0.25) is 9.52 Å². The standard InChI is InChI=1S/C23H22Cl2N2O4S/c1-15(2)16-3-5-19(6-4-16)26-23(28)14-31-21-7-9-22(10-8-21)32(29,30)27-20-12-17(24)11-18(25)13-20/h3-13,15,27H,14H2,1-2H3,(H,26,28). The first kappa shape index (κ1) is 23.9. The van der Waals surface area contributed by atoms with Gasteiger partial charge in [0.05, 0.1) is 10.6 Å². The Morgan fingerprint density at radius 2 is 1.50 bits per heavy atom. The van der Waals surface area contributed by atoms with Gasteiger partial charge in [0.15, 0.2) is 6.61 Å². The van der Waals surface area contributed by atoms with Gasteiger partial charge in [-0.1, -0.05) is 49.2 Å². The molecule has 9 heteroatoms. The highest BCUT2D eigenvalue weighted by atomic mass is 35.5. The molecule has 0 atom stereocenters. The summed E-state index contributed by atoms with van der Waals surface area (Å²) in [4.78, 5) is 12.1. The SMILES string of the molecule is CC(C)c1ccc(NC(=O)COc2ccc(S(=O)(=O)Nc3cc(Cl)cc(Cl)c3)cc2)cc1. The average Bonchev–Trinajstić information content (AvgIpc) is 2.72. The van der Waals surface area contributed by atoms with Gasteiger partial charge in [-0.15, -0.1) is 0 Å². The van der Waals surface area contributed by atoms with Gasteiger partial charge < -0.3 is 10.1 Å². The van der Waals surface area contributed by atoms with E-state index in [-0.39, 0.29) is 23.1 Å². The number of halogens is 2. The molecule has 0 spiro atoms. The third-order valence-electron chi connectivity index (χ3n) is 4.48. The summed E-state index contributed by atoms with van der Waals surface area (Å²) in [5.41, 5.74) is 2.11. The highest BCUT2D eigenvalue weighted by Gasteiger charge is 2.15. The Bertz CT molecular complexity index is 1180. The van der Waals surface area contributed by atoms with Crippen LogP contribution in [0.5, 0.6) is 5.75 Å². The van der Waals surface area contributed by atoms with Crippen molar-refractivity contribution in [1.29, 1.82) is 0 Å². The van der Waals surface area contributed by atoms with Crippen molar-refractivity contribution in [2.24, 2.45) is 0 Å². The van der Waals surface area contributed by atoms with Crippen LogP contribution in [0, 0.1) is 0 Å². The molecule has 0 heterocycles. The number of carbonyl (C=O) groups is 1. The van der Waals surface area contributed by atoms with E-state index in [0.717, 1.165) is 0 Å². The quantitative estimate of drug-likeness (QED) is 0.407. The maximum absolute atomic E-state index is 12.6. The molecule has 2 N–H and O–H groups in total. The Morgan fingerprint density at radius 3 is 2.06 bits per heavy atom. The number of amides is 1. The van der Waals surface area contributed by atoms with E-state index in [0.29, 0.717) is 27.4 Å². The molecule has 0 aliphatic carbocycles. The summed E-state index contributed by atoms with van der Waals surface area (Å²) in [6.45, 7) is 3.99. The highest BCUT2D eigenvalue weighted by Crippen LogP contribution is 2.25. The molecule has 0 aliphatic rings. The van der Waals surface area contributed by atoms with Crippen LogP contribution < -0.4 is 14.8 Å². The number of nitrogens with one attached hydrogen (secondary N) is 2. The maximum atomic E-state index is 12.6. The largest absolute Gasteiger partial charge is 0.484 e. The number of carbonyl (C=O) groups excluding carboxylic acids is 1. The van der Waals surface area contributed by atoms with E-state index in [2.05, 4.69) is 23.9 Å². The van der Waals surface area contributed by atoms with E-state index in [9.17, 15) is 13.2 Å². The Balaban J connectivity index is 1.57. The third kappa shape index (κ3) is 6.63. The highest BCUT2D eigenvalue weighted by molar-refractivity contribution is 7.92. The van der Waals surface area contributed by atoms with E-state index in [1.807, 2.05) is 24.3 Å². The van der Waals surface area contributed by atoms with Crippen LogP contribution in [0.2, 0.25) is 10.0 Å². The first-order chi connectivity index (χ1) is 15.1. The van der Waals surface area contributed by atoms with Crippen molar-refractivity contribution in [2.75, 3.05) is 16.6 Å². The normalized spacial score (nSPS) is 11.3. The molecule has 0 radical (unpaired) electrons. The molecule has 0 fully saturated rings. The molecule has 0 aromatic heterocycles. The molecule has 0 saturated carbocycles. The number of ether oxygens (including phenoxy) is 1. The third-order valence-corrected chi connectivity index (χ3v) is 6.31. The van der Waals surface area contributed by atoms with Crippen LogP contribution in [0.15, 0.2) is 71.6 Å². The van der Waals surface area contributed by atoms with E-state index in [1.165, 1.54) is 48.0 Å². The first-order valence-electron chi connectivity index (χ1n) is 9.74. The number of rotatable bonds is 8. The summed E-state index contributed by atoms with van der Waals surface area (Å²) in [5.74, 6) is 0.451. The number of hydrogen-bond acceptors (Lipinski definition) is 4. The summed E-state index contributed by atoms with van der Waals surface area (Å²) < 4.78 is 33.0. The van der Waals surface area contributed by atoms with Crippen LogP contribution in [0.1, 0.15) is 25.3 Å². The number of hydrogen-bond donors (Lipinski definition) is 2. The van der Waals surface area contributed by atoms with Crippen molar-refractivity contribution in [3.8, 4) is 5.75 Å². The van der Waals surface area contributed by atoms with Crippen LogP contribution in [-0.4, -0.2) is 20.9 Å². The van der Waals surface area contributed by atoms with Gasteiger partial charge in [-0.2, -0.15) is 0 Å². The molecule has 0 bridgehead atoms. The number of sulfonamides is 1. The predicted molar refractivity (Wildman–Crippen MR) is 128 cm³/mol. The zero-order chi connectivity index (χ0) is 23.3. The monoisotopic (exact) mass is 492 g/mol. The lowest BCUT2D eigenvalue weighted by Crippen LogP contribution is -2.20. The maximum Gasteiger partial charge on any atom is 0.262 e. The number of anilines is 2. The van der Waals surface area contributed by atoms with Crippen LogP contribution >= 0.6 is 23.2 Å². The van der Waals surface area contributed by atoms with Crippen molar-refractivity contribution in [3.63, 3.8) is 0 Å². The van der Waals surface area contributed by atoms with Crippen molar-refractivity contribution in [1.82, 2.24) is 0 Å². The van der Waals surface area contributed by atoms with Gasteiger partial charge in [0.2, 0.25) is 0 Å². The molecule has 168 valence electrons. The lowest BCUT2D eigenvalue weighted by molar-refractivity contribution is -0.118. The fraction of sp³-hybridized carbons (Fsp3) is 0.174. The molecule has 32 heavy (non-hydrogen) atoms. The number of benzene rings is 3. The van der Waals surface area contributed by atoms with Crippen LogP contribution in [0.3, 0.4) is 0 Å². The van der Waals surface area contributed by atoms with E-state index in [4.69, 9.17) is 27.9 Å². The van der Waals surface area contributed by atoms with Crippen LogP contribution in [0.25, 0.3) is 0 Å². The molecular weight excluding hydrogens is 471 g/mol. The van der Waals surface area contributed by atoms with Gasteiger partial charge in [0.25, 0.3) is 15.9 Å². The first-order valence-corrected chi connectivity index (χ1v) is 12.0. The van der Waals surface area contributed by atoms with E-state index < -0.39 is 10.0 Å². The van der Waals surface area contributed by atoms with Gasteiger partial charge >= 0.3 is 0 Å². The minimum absolute atomic E-state index is 0.0237. The zero-order valence-electron chi connectivity index (χ0n) is 17.4. The Hall–Kier alpha value is -2.74. The van der Waals surface area contributed by atoms with Gasteiger partial charge in [0.1, 0.15) is 5.75 Å². The molecule has 0 aliphatic heterocycles. The second kappa shape index (κ2) is 10.3. The van der Waals surface area contributed by atoms with Crippen molar-refractivity contribution >= 4 is 50.5 Å². The van der Waals surface area contributed by atoms with Crippen LogP contribution in [0.4, 0.5) is 11.4 Å². The van der Waals surface area contributed by atoms with Crippen LogP contribution in [-0.2, 0) is 14.8 Å². The summed E-state index contributed by atoms with van der Waals surface area (Å²) >= 11 is 11.8. The van der Waals surface area contributed by atoms with Crippen molar-refractivity contribution < 1.29 is 17.9 Å². The molecule has 6 nitrogen and oxygen atoms in total. The van der Waals surface area contributed by atoms with Crippen molar-refractivity contribution in [2.45, 2.75) is 24.7 Å². The molecule has 1 amide bonds. The summed E-state index contributed by atoms with van der Waals surface area (Å²) in [7, 11) is -3.85. The summed E-state index contributed by atoms with van der Waals surface area (Å²) in [5, 5.41) is 3.39. The molecule has 3 rings (SSSR count). The molecule has 0 saturated heterocycles. The van der Waals surface area contributed by atoms with E-state index in [1.54, 1.807) is 0 Å². The Kier molecular flexibility index (Phi) is 7.66. The topological polar surface area (TPSA) is 84.5 Å². The zero-order valence-corrected chi connectivity index (χ0v) is 19.8. The fourth-order valence-corrected chi connectivity index (χ4v) is 4.41. The Labute approximate surface area is 197 Å². The average molecular weight is 493 g/mol. The minimum Gasteiger partial charge on any atom is -0.484 e. The second-order valence-corrected chi connectivity index (χ2v) is 9.90. The summed E-state index contributed by atoms with van der Waals surface area (Å²) in [6, 6.07) is 17.7. The van der Waals surface area contributed by atoms with Gasteiger partial charge in [-0.05, 0) is 66.1 Å². The minimum atomic E-state index is -3.85. The summed E-state index contributed by atoms with van der Waals surface area (Å²) in [6.07, 6.45) is 0. The molecular formula is C23H22Cl2N2O4S. The predicted octanol–water partition coefficient (Wildman–Crippen LogP) is 5.94. The van der Waals surface area contributed by atoms with Gasteiger partial charge in [0, 0.05) is 15.7 Å². The Morgan fingerprint density at radius 1 is 0.906 bits per heavy atom. The molecule has 3 aromatic rings. The lowest BCUT2D eigenvalue weighted by Gasteiger charge is -2.11. The molecule has 3 aromatic carbocycles. The van der Waals surface area contributed by atoms with Gasteiger partial charge in [-0.25, -0.2) is 8.42 Å². The second-order valence-electron chi connectivity index (χ2n) is 7.35. The van der Waals surface area contributed by atoms with E-state index >= 15 is 0 Å². The lowest BCUT2D eigenvalue weighted by atomic mass is 10.0. The fourth-order valence-electron chi connectivity index (χ4n) is 2.84.